The molecule has 0 unspecified atom stereocenters. The van der Waals surface area contributed by atoms with Crippen LogP contribution in [0.5, 0.6) is 0 Å². The maximum absolute atomic E-state index is 13.9. The molecule has 1 aromatic heterocycles. The van der Waals surface area contributed by atoms with Crippen molar-refractivity contribution in [3.63, 3.8) is 0 Å². The first-order chi connectivity index (χ1) is 13.1. The van der Waals surface area contributed by atoms with Crippen LogP contribution in [0.2, 0.25) is 0 Å². The molecule has 1 heterocycles. The molecule has 1 aromatic carbocycles. The molecule has 4 rings (SSSR count). The van der Waals surface area contributed by atoms with Gasteiger partial charge in [0.15, 0.2) is 0 Å². The van der Waals surface area contributed by atoms with Gasteiger partial charge in [0.2, 0.25) is 0 Å². The van der Waals surface area contributed by atoms with E-state index in [1.807, 2.05) is 18.2 Å². The molecule has 0 atom stereocenters. The zero-order valence-corrected chi connectivity index (χ0v) is 16.1. The van der Waals surface area contributed by atoms with Gasteiger partial charge in [-0.3, -0.25) is 9.69 Å². The van der Waals surface area contributed by atoms with E-state index in [-0.39, 0.29) is 12.4 Å². The smallest absolute Gasteiger partial charge is 0.317 e. The summed E-state index contributed by atoms with van der Waals surface area (Å²) in [5, 5.41) is 12.7. The molecule has 0 bridgehead atoms. The minimum Gasteiger partial charge on any atom is -0.480 e. The Morgan fingerprint density at radius 2 is 2.00 bits per heavy atom. The van der Waals surface area contributed by atoms with Gasteiger partial charge in [0.05, 0.1) is 6.54 Å². The third-order valence-corrected chi connectivity index (χ3v) is 6.64. The predicted octanol–water partition coefficient (Wildman–Crippen LogP) is 3.97. The van der Waals surface area contributed by atoms with Gasteiger partial charge in [-0.1, -0.05) is 18.2 Å². The van der Waals surface area contributed by atoms with Gasteiger partial charge in [0, 0.05) is 40.5 Å². The predicted molar refractivity (Wildman–Crippen MR) is 105 cm³/mol. The monoisotopic (exact) mass is 388 g/mol. The Bertz CT molecular complexity index is 799. The van der Waals surface area contributed by atoms with Crippen LogP contribution in [0, 0.1) is 11.7 Å². The molecule has 27 heavy (non-hydrogen) atoms. The average Bonchev–Trinajstić information content (AvgIpc) is 3.28. The maximum atomic E-state index is 13.9. The van der Waals surface area contributed by atoms with E-state index in [0.29, 0.717) is 23.6 Å². The molecule has 2 saturated carbocycles. The highest BCUT2D eigenvalue weighted by atomic mass is 32.1. The van der Waals surface area contributed by atoms with E-state index in [9.17, 15) is 9.18 Å². The normalized spacial score (nSPS) is 22.0. The third-order valence-electron chi connectivity index (χ3n) is 5.52. The van der Waals surface area contributed by atoms with Crippen LogP contribution in [0.25, 0.3) is 10.4 Å². The number of aliphatic carboxylic acids is 1. The lowest BCUT2D eigenvalue weighted by molar-refractivity contribution is -0.139. The minimum atomic E-state index is -0.730. The van der Waals surface area contributed by atoms with Crippen molar-refractivity contribution in [1.29, 1.82) is 0 Å². The molecule has 4 nitrogen and oxygen atoms in total. The van der Waals surface area contributed by atoms with Crippen LogP contribution >= 0.6 is 11.3 Å². The number of rotatable bonds is 9. The zero-order valence-electron chi connectivity index (χ0n) is 15.2. The maximum Gasteiger partial charge on any atom is 0.317 e. The largest absolute Gasteiger partial charge is 0.480 e. The summed E-state index contributed by atoms with van der Waals surface area (Å²) < 4.78 is 13.9. The van der Waals surface area contributed by atoms with Crippen LogP contribution in [-0.2, 0) is 11.3 Å². The molecular formula is C21H25FN2O2S. The summed E-state index contributed by atoms with van der Waals surface area (Å²) in [6.07, 6.45) is 4.50. The van der Waals surface area contributed by atoms with Gasteiger partial charge in [0.1, 0.15) is 5.82 Å². The molecule has 144 valence electrons. The molecule has 2 aromatic rings. The van der Waals surface area contributed by atoms with E-state index in [1.165, 1.54) is 23.8 Å². The van der Waals surface area contributed by atoms with Gasteiger partial charge >= 0.3 is 5.97 Å². The number of carboxylic acid groups (broad SMARTS) is 1. The highest BCUT2D eigenvalue weighted by molar-refractivity contribution is 7.15. The van der Waals surface area contributed by atoms with Gasteiger partial charge in [-0.15, -0.1) is 11.3 Å². The summed E-state index contributed by atoms with van der Waals surface area (Å²) in [5.41, 5.74) is 0.654. The lowest BCUT2D eigenvalue weighted by Crippen LogP contribution is -2.54. The second-order valence-corrected chi connectivity index (χ2v) is 8.88. The molecule has 0 amide bonds. The molecule has 2 aliphatic carbocycles. The summed E-state index contributed by atoms with van der Waals surface area (Å²) in [6, 6.07) is 11.7. The van der Waals surface area contributed by atoms with E-state index in [1.54, 1.807) is 17.4 Å². The van der Waals surface area contributed by atoms with Crippen molar-refractivity contribution in [3.05, 3.63) is 47.1 Å². The quantitative estimate of drug-likeness (QED) is 0.682. The lowest BCUT2D eigenvalue weighted by atomic mass is 9.85. The van der Waals surface area contributed by atoms with Crippen molar-refractivity contribution in [2.75, 3.05) is 13.1 Å². The number of halogens is 1. The first kappa shape index (κ1) is 18.6. The highest BCUT2D eigenvalue weighted by Gasteiger charge is 2.36. The lowest BCUT2D eigenvalue weighted by Gasteiger charge is -2.43. The molecular weight excluding hydrogens is 363 g/mol. The molecule has 0 saturated heterocycles. The average molecular weight is 389 g/mol. The Morgan fingerprint density at radius 1 is 1.22 bits per heavy atom. The molecule has 2 N–H and O–H groups in total. The topological polar surface area (TPSA) is 52.6 Å². The summed E-state index contributed by atoms with van der Waals surface area (Å²) in [7, 11) is 0. The Balaban J connectivity index is 1.26. The second kappa shape index (κ2) is 8.09. The van der Waals surface area contributed by atoms with E-state index in [2.05, 4.69) is 16.3 Å². The van der Waals surface area contributed by atoms with Gasteiger partial charge < -0.3 is 10.4 Å². The van der Waals surface area contributed by atoms with E-state index in [4.69, 9.17) is 5.11 Å². The van der Waals surface area contributed by atoms with Crippen molar-refractivity contribution < 1.29 is 14.3 Å². The number of hydrogen-bond acceptors (Lipinski definition) is 4. The molecule has 0 radical (unpaired) electrons. The van der Waals surface area contributed by atoms with Crippen LogP contribution in [0.3, 0.4) is 0 Å². The van der Waals surface area contributed by atoms with Crippen molar-refractivity contribution in [2.45, 2.75) is 44.3 Å². The molecule has 2 fully saturated rings. The number of nitrogens with one attached hydrogen (secondary N) is 1. The van der Waals surface area contributed by atoms with Crippen LogP contribution in [-0.4, -0.2) is 41.1 Å². The van der Waals surface area contributed by atoms with E-state index < -0.39 is 5.97 Å². The number of carbonyl (C=O) groups is 1. The molecule has 0 spiro atoms. The van der Waals surface area contributed by atoms with Crippen molar-refractivity contribution in [3.8, 4) is 10.4 Å². The van der Waals surface area contributed by atoms with E-state index in [0.717, 1.165) is 30.8 Å². The van der Waals surface area contributed by atoms with Crippen LogP contribution in [0.4, 0.5) is 4.39 Å². The third kappa shape index (κ3) is 4.75. The number of hydrogen-bond donors (Lipinski definition) is 2. The summed E-state index contributed by atoms with van der Waals surface area (Å²) in [5.74, 6) is -0.208. The van der Waals surface area contributed by atoms with Gasteiger partial charge in [0.25, 0.3) is 0 Å². The second-order valence-electron chi connectivity index (χ2n) is 7.72. The highest BCUT2D eigenvalue weighted by Crippen LogP contribution is 2.34. The molecule has 2 aliphatic rings. The fourth-order valence-corrected chi connectivity index (χ4v) is 4.71. The number of nitrogens with zero attached hydrogens (tertiary/aromatic N) is 1. The number of benzene rings is 1. The van der Waals surface area contributed by atoms with Gasteiger partial charge in [-0.05, 0) is 49.8 Å². The van der Waals surface area contributed by atoms with Crippen molar-refractivity contribution >= 4 is 17.3 Å². The van der Waals surface area contributed by atoms with Gasteiger partial charge in [-0.25, -0.2) is 4.39 Å². The van der Waals surface area contributed by atoms with Crippen molar-refractivity contribution in [1.82, 2.24) is 10.2 Å². The summed E-state index contributed by atoms with van der Waals surface area (Å²) >= 11 is 1.62. The molecule has 6 heteroatoms. The first-order valence-corrected chi connectivity index (χ1v) is 10.4. The van der Waals surface area contributed by atoms with E-state index >= 15 is 0 Å². The van der Waals surface area contributed by atoms with Gasteiger partial charge in [-0.2, -0.15) is 0 Å². The SMILES string of the molecule is O=C(O)CN(CC1CC1)C1CC(NCc2ccc(-c3ccccc3F)s2)C1. The zero-order chi connectivity index (χ0) is 18.8. The first-order valence-electron chi connectivity index (χ1n) is 9.61. The number of thiophene rings is 1. The van der Waals surface area contributed by atoms with Crippen LogP contribution in [0.15, 0.2) is 36.4 Å². The Morgan fingerprint density at radius 3 is 2.70 bits per heavy atom. The van der Waals surface area contributed by atoms with Crippen LogP contribution < -0.4 is 5.32 Å². The number of carboxylic acids is 1. The van der Waals surface area contributed by atoms with Crippen molar-refractivity contribution in [2.24, 2.45) is 5.92 Å². The fraction of sp³-hybridized carbons (Fsp3) is 0.476. The molecule has 0 aliphatic heterocycles. The Labute approximate surface area is 163 Å². The summed E-state index contributed by atoms with van der Waals surface area (Å²) in [4.78, 5) is 15.4. The standard InChI is InChI=1S/C21H25FN2O2S/c22-19-4-2-1-3-18(19)20-8-7-17(27-20)11-23-15-9-16(10-15)24(13-21(25)26)12-14-5-6-14/h1-4,7-8,14-16,23H,5-6,9-13H2,(H,25,26). The van der Waals surface area contributed by atoms with Crippen LogP contribution in [0.1, 0.15) is 30.6 Å². The Hall–Kier alpha value is -1.76. The minimum absolute atomic E-state index is 0.158. The fourth-order valence-electron chi connectivity index (χ4n) is 3.72. The Kier molecular flexibility index (Phi) is 5.57. The summed E-state index contributed by atoms with van der Waals surface area (Å²) in [6.45, 7) is 1.86.